The van der Waals surface area contributed by atoms with Crippen LogP contribution in [0.5, 0.6) is 0 Å². The number of nitrogens with zero attached hydrogens (tertiary/aromatic N) is 2. The standard InChI is InChI=1S/C19H25N5O3/c1-12-5-6-15-16(8-12)23-19(22-15)14-4-3-7-24(11-14)18(27)10-21-17(26)9-20-13(2)25/h5-6,8,14H,3-4,7,9-11H2,1-2H3,(H,20,25)(H,21,26)(H,22,23)/t14-/m1/s1. The molecule has 144 valence electrons. The summed E-state index contributed by atoms with van der Waals surface area (Å²) in [5, 5.41) is 4.95. The first kappa shape index (κ1) is 18.9. The Kier molecular flexibility index (Phi) is 5.73. The zero-order chi connectivity index (χ0) is 19.4. The molecule has 0 aliphatic carbocycles. The Balaban J connectivity index is 1.57. The predicted molar refractivity (Wildman–Crippen MR) is 101 cm³/mol. The molecule has 0 unspecified atom stereocenters. The lowest BCUT2D eigenvalue weighted by Gasteiger charge is -2.32. The maximum Gasteiger partial charge on any atom is 0.241 e. The molecule has 1 saturated heterocycles. The third-order valence-electron chi connectivity index (χ3n) is 4.75. The molecular formula is C19H25N5O3. The summed E-state index contributed by atoms with van der Waals surface area (Å²) in [5.41, 5.74) is 3.12. The molecule has 0 spiro atoms. The van der Waals surface area contributed by atoms with E-state index in [0.717, 1.165) is 29.7 Å². The van der Waals surface area contributed by atoms with Crippen LogP contribution < -0.4 is 10.6 Å². The highest BCUT2D eigenvalue weighted by Gasteiger charge is 2.26. The summed E-state index contributed by atoms with van der Waals surface area (Å²) in [6.07, 6.45) is 1.86. The number of rotatable bonds is 5. The van der Waals surface area contributed by atoms with Gasteiger partial charge in [0.05, 0.1) is 24.1 Å². The van der Waals surface area contributed by atoms with Gasteiger partial charge in [-0.05, 0) is 37.5 Å². The Hall–Kier alpha value is -2.90. The van der Waals surface area contributed by atoms with Crippen molar-refractivity contribution in [2.75, 3.05) is 26.2 Å². The highest BCUT2D eigenvalue weighted by Crippen LogP contribution is 2.27. The number of aromatic amines is 1. The number of piperidine rings is 1. The van der Waals surface area contributed by atoms with Crippen LogP contribution in [0.1, 0.15) is 37.1 Å². The van der Waals surface area contributed by atoms with Crippen molar-refractivity contribution in [1.82, 2.24) is 25.5 Å². The molecule has 0 bridgehead atoms. The van der Waals surface area contributed by atoms with Gasteiger partial charge in [-0.15, -0.1) is 0 Å². The lowest BCUT2D eigenvalue weighted by atomic mass is 9.97. The molecule has 3 N–H and O–H groups in total. The molecule has 3 rings (SSSR count). The monoisotopic (exact) mass is 371 g/mol. The van der Waals surface area contributed by atoms with Gasteiger partial charge in [-0.2, -0.15) is 0 Å². The molecule has 27 heavy (non-hydrogen) atoms. The molecule has 1 aromatic heterocycles. The van der Waals surface area contributed by atoms with E-state index in [1.807, 2.05) is 19.1 Å². The van der Waals surface area contributed by atoms with Gasteiger partial charge < -0.3 is 20.5 Å². The van der Waals surface area contributed by atoms with Crippen molar-refractivity contribution in [2.45, 2.75) is 32.6 Å². The summed E-state index contributed by atoms with van der Waals surface area (Å²) in [7, 11) is 0. The van der Waals surface area contributed by atoms with E-state index in [1.165, 1.54) is 12.5 Å². The first-order valence-electron chi connectivity index (χ1n) is 9.17. The summed E-state index contributed by atoms with van der Waals surface area (Å²) in [6, 6.07) is 6.11. The van der Waals surface area contributed by atoms with E-state index >= 15 is 0 Å². The average molecular weight is 371 g/mol. The number of carbonyl (C=O) groups is 3. The Labute approximate surface area is 157 Å². The van der Waals surface area contributed by atoms with Crippen LogP contribution in [0.15, 0.2) is 18.2 Å². The minimum atomic E-state index is -0.375. The van der Waals surface area contributed by atoms with Crippen molar-refractivity contribution >= 4 is 28.8 Å². The minimum absolute atomic E-state index is 0.0650. The lowest BCUT2D eigenvalue weighted by molar-refractivity contribution is -0.133. The number of carbonyl (C=O) groups excluding carboxylic acids is 3. The molecule has 1 atom stereocenters. The molecule has 0 radical (unpaired) electrons. The van der Waals surface area contributed by atoms with E-state index in [1.54, 1.807) is 4.90 Å². The maximum absolute atomic E-state index is 12.4. The number of fused-ring (bicyclic) bond motifs is 1. The molecule has 3 amide bonds. The number of amides is 3. The summed E-state index contributed by atoms with van der Waals surface area (Å²) in [6.45, 7) is 4.45. The van der Waals surface area contributed by atoms with Crippen LogP contribution in [0.3, 0.4) is 0 Å². The van der Waals surface area contributed by atoms with E-state index < -0.39 is 0 Å². The van der Waals surface area contributed by atoms with Crippen LogP contribution in [0.25, 0.3) is 11.0 Å². The zero-order valence-electron chi connectivity index (χ0n) is 15.7. The normalized spacial score (nSPS) is 17.0. The largest absolute Gasteiger partial charge is 0.347 e. The fourth-order valence-corrected chi connectivity index (χ4v) is 3.32. The molecule has 8 nitrogen and oxygen atoms in total. The van der Waals surface area contributed by atoms with Crippen molar-refractivity contribution < 1.29 is 14.4 Å². The first-order valence-corrected chi connectivity index (χ1v) is 9.17. The van der Waals surface area contributed by atoms with Crippen LogP contribution in [-0.4, -0.2) is 58.8 Å². The van der Waals surface area contributed by atoms with Gasteiger partial charge >= 0.3 is 0 Å². The van der Waals surface area contributed by atoms with Crippen molar-refractivity contribution in [3.8, 4) is 0 Å². The second kappa shape index (κ2) is 8.20. The van der Waals surface area contributed by atoms with E-state index in [0.29, 0.717) is 13.1 Å². The van der Waals surface area contributed by atoms with E-state index in [9.17, 15) is 14.4 Å². The fourth-order valence-electron chi connectivity index (χ4n) is 3.32. The van der Waals surface area contributed by atoms with Crippen LogP contribution in [-0.2, 0) is 14.4 Å². The topological polar surface area (TPSA) is 107 Å². The Bertz CT molecular complexity index is 860. The summed E-state index contributed by atoms with van der Waals surface area (Å²) in [4.78, 5) is 44.7. The van der Waals surface area contributed by atoms with Crippen molar-refractivity contribution in [1.29, 1.82) is 0 Å². The van der Waals surface area contributed by atoms with Crippen molar-refractivity contribution in [3.63, 3.8) is 0 Å². The molecular weight excluding hydrogens is 346 g/mol. The van der Waals surface area contributed by atoms with Gasteiger partial charge in [0.1, 0.15) is 5.82 Å². The number of aromatic nitrogens is 2. The van der Waals surface area contributed by atoms with E-state index in [-0.39, 0.29) is 36.7 Å². The second-order valence-electron chi connectivity index (χ2n) is 7.01. The number of hydrogen-bond acceptors (Lipinski definition) is 4. The predicted octanol–water partition coefficient (Wildman–Crippen LogP) is 0.830. The number of hydrogen-bond donors (Lipinski definition) is 3. The smallest absolute Gasteiger partial charge is 0.241 e. The highest BCUT2D eigenvalue weighted by molar-refractivity contribution is 5.87. The van der Waals surface area contributed by atoms with Gasteiger partial charge in [0.25, 0.3) is 0 Å². The summed E-state index contributed by atoms with van der Waals surface area (Å²) < 4.78 is 0. The number of benzene rings is 1. The minimum Gasteiger partial charge on any atom is -0.347 e. The molecule has 1 aliphatic heterocycles. The van der Waals surface area contributed by atoms with Gasteiger partial charge in [-0.25, -0.2) is 4.98 Å². The number of likely N-dealkylation sites (tertiary alicyclic amines) is 1. The molecule has 1 aromatic carbocycles. The van der Waals surface area contributed by atoms with Gasteiger partial charge in [0.15, 0.2) is 0 Å². The average Bonchev–Trinajstić information content (AvgIpc) is 3.07. The van der Waals surface area contributed by atoms with Crippen LogP contribution in [0.2, 0.25) is 0 Å². The summed E-state index contributed by atoms with van der Waals surface area (Å²) >= 11 is 0. The molecule has 1 aliphatic rings. The number of aryl methyl sites for hydroxylation is 1. The van der Waals surface area contributed by atoms with Crippen LogP contribution in [0, 0.1) is 6.92 Å². The maximum atomic E-state index is 12.4. The highest BCUT2D eigenvalue weighted by atomic mass is 16.2. The van der Waals surface area contributed by atoms with Gasteiger partial charge in [0, 0.05) is 25.9 Å². The number of imidazole rings is 1. The molecule has 1 fully saturated rings. The van der Waals surface area contributed by atoms with Crippen LogP contribution in [0.4, 0.5) is 0 Å². The van der Waals surface area contributed by atoms with Gasteiger partial charge in [-0.1, -0.05) is 6.07 Å². The molecule has 2 aromatic rings. The molecule has 2 heterocycles. The Morgan fingerprint density at radius 1 is 1.26 bits per heavy atom. The third kappa shape index (κ3) is 4.84. The second-order valence-corrected chi connectivity index (χ2v) is 7.01. The van der Waals surface area contributed by atoms with Gasteiger partial charge in [0.2, 0.25) is 17.7 Å². The first-order chi connectivity index (χ1) is 12.9. The quantitative estimate of drug-likeness (QED) is 0.723. The SMILES string of the molecule is CC(=O)NCC(=O)NCC(=O)N1CCC[C@@H](c2nc3ccc(C)cc3[nH]2)C1. The van der Waals surface area contributed by atoms with E-state index in [2.05, 4.69) is 26.7 Å². The van der Waals surface area contributed by atoms with Gasteiger partial charge in [-0.3, -0.25) is 14.4 Å². The molecule has 0 saturated carbocycles. The van der Waals surface area contributed by atoms with Crippen LogP contribution >= 0.6 is 0 Å². The fraction of sp³-hybridized carbons (Fsp3) is 0.474. The summed E-state index contributed by atoms with van der Waals surface area (Å²) in [5.74, 6) is 0.284. The third-order valence-corrected chi connectivity index (χ3v) is 4.75. The Morgan fingerprint density at radius 3 is 2.85 bits per heavy atom. The lowest BCUT2D eigenvalue weighted by Crippen LogP contribution is -2.46. The number of H-pyrrole nitrogens is 1. The molecule has 8 heteroatoms. The van der Waals surface area contributed by atoms with Crippen molar-refractivity contribution in [3.05, 3.63) is 29.6 Å². The van der Waals surface area contributed by atoms with Crippen molar-refractivity contribution in [2.24, 2.45) is 0 Å². The van der Waals surface area contributed by atoms with E-state index in [4.69, 9.17) is 0 Å². The zero-order valence-corrected chi connectivity index (χ0v) is 15.7. The number of nitrogens with one attached hydrogen (secondary N) is 3. The Morgan fingerprint density at radius 2 is 2.07 bits per heavy atom.